The van der Waals surface area contributed by atoms with Crippen LogP contribution in [0.2, 0.25) is 0 Å². The molecule has 0 aromatic heterocycles. The zero-order valence-corrected chi connectivity index (χ0v) is 46.6. The Labute approximate surface area is 461 Å². The second-order valence-electron chi connectivity index (χ2n) is 20.5. The van der Waals surface area contributed by atoms with Crippen LogP contribution in [0.1, 0.15) is 113 Å². The van der Waals surface area contributed by atoms with Crippen molar-refractivity contribution in [3.63, 3.8) is 0 Å². The summed E-state index contributed by atoms with van der Waals surface area (Å²) in [5.74, 6) is -10.7. The number of aliphatic hydroxyl groups is 4. The average molecular weight is 1130 g/mol. The number of hydrogen-bond acceptors (Lipinski definition) is 19. The number of unbranched alkanes of at least 4 members (excludes halogenated alkanes) is 1. The van der Waals surface area contributed by atoms with E-state index in [1.807, 2.05) is 13.8 Å². The smallest absolute Gasteiger partial charge is 0.245 e. The first-order chi connectivity index (χ1) is 37.1. The highest BCUT2D eigenvalue weighted by molar-refractivity contribution is 5.99. The van der Waals surface area contributed by atoms with Gasteiger partial charge in [0.15, 0.2) is 0 Å². The van der Waals surface area contributed by atoms with Crippen molar-refractivity contribution < 1.29 is 73.2 Å². The minimum atomic E-state index is -1.90. The number of nitrogens with two attached hydrogens (primary N) is 4. The maximum Gasteiger partial charge on any atom is 0.245 e. The summed E-state index contributed by atoms with van der Waals surface area (Å²) in [5.41, 5.74) is 23.1. The summed E-state index contributed by atoms with van der Waals surface area (Å²) in [4.78, 5) is 151. The van der Waals surface area contributed by atoms with Gasteiger partial charge in [0.25, 0.3) is 0 Å². The molecule has 30 heteroatoms. The predicted molar refractivity (Wildman–Crippen MR) is 287 cm³/mol. The fraction of sp³-hybridized carbons (Fsp3) is 0.776. The molecule has 23 N–H and O–H groups in total. The molecule has 13 atom stereocenters. The minimum absolute atomic E-state index is 0.0467. The van der Waals surface area contributed by atoms with Gasteiger partial charge in [0.05, 0.1) is 24.9 Å². The van der Waals surface area contributed by atoms with E-state index in [4.69, 9.17) is 22.9 Å². The highest BCUT2D eigenvalue weighted by Gasteiger charge is 2.38. The Morgan fingerprint density at radius 2 is 1.01 bits per heavy atom. The van der Waals surface area contributed by atoms with E-state index in [-0.39, 0.29) is 70.6 Å². The van der Waals surface area contributed by atoms with Crippen LogP contribution >= 0.6 is 0 Å². The molecule has 1 fully saturated rings. The largest absolute Gasteiger partial charge is 0.394 e. The Morgan fingerprint density at radius 3 is 1.48 bits per heavy atom. The highest BCUT2D eigenvalue weighted by atomic mass is 16.3. The van der Waals surface area contributed by atoms with E-state index in [2.05, 4.69) is 58.5 Å². The first-order valence-corrected chi connectivity index (χ1v) is 26.9. The van der Waals surface area contributed by atoms with Gasteiger partial charge in [-0.05, 0) is 104 Å². The van der Waals surface area contributed by atoms with Crippen LogP contribution in [0.4, 0.5) is 0 Å². The van der Waals surface area contributed by atoms with E-state index < -0.39 is 163 Å². The Balaban J connectivity index is 3.76. The van der Waals surface area contributed by atoms with Gasteiger partial charge in [-0.3, -0.25) is 52.7 Å². The summed E-state index contributed by atoms with van der Waals surface area (Å²) >= 11 is 0. The SMILES string of the molecule is CC(C)CCCCC(=O)N[C@@H](CCN)C(=O)N[C@H](C(=O)N[C@H](CO)C(=O)NC1CCNC(=O)C([C@@H](C)O)NC(=O)[C@H](CCN)NC(=O)[C@H](CCN)NC(=O)[C@H]([C@@H](C)O)NC(=O)[C@@H](CC(C)C)NC(=O)C(CCN)NC1=O)[C@@H](C)O. The van der Waals surface area contributed by atoms with E-state index in [1.165, 1.54) is 6.92 Å². The number of nitrogens with one attached hydrogen (secondary N) is 11. The molecule has 1 aliphatic heterocycles. The zero-order chi connectivity index (χ0) is 60.1. The van der Waals surface area contributed by atoms with Gasteiger partial charge in [-0.1, -0.05) is 40.5 Å². The summed E-state index contributed by atoms with van der Waals surface area (Å²) in [5, 5.41) is 68.9. The third-order valence-electron chi connectivity index (χ3n) is 12.5. The van der Waals surface area contributed by atoms with Crippen LogP contribution in [0.25, 0.3) is 0 Å². The maximum absolute atomic E-state index is 14.2. The molecular weight excluding hydrogens is 1040 g/mol. The third kappa shape index (κ3) is 25.7. The van der Waals surface area contributed by atoms with Crippen molar-refractivity contribution in [1.82, 2.24) is 58.5 Å². The average Bonchev–Trinajstić information content (AvgIpc) is 3.36. The predicted octanol–water partition coefficient (Wildman–Crippen LogP) is -7.85. The quantitative estimate of drug-likeness (QED) is 0.0358. The number of carbonyl (C=O) groups excluding carboxylic acids is 11. The van der Waals surface area contributed by atoms with Gasteiger partial charge in [-0.15, -0.1) is 0 Å². The molecule has 3 unspecified atom stereocenters. The van der Waals surface area contributed by atoms with Crippen LogP contribution in [0, 0.1) is 11.8 Å². The standard InChI is InChI=1S/C49H91N15O15/c1-24(2)10-8-9-11-36(69)55-29(12-17-50)43(73)63-39(28(7)68)49(79)61-35(23-65)46(76)58-33-16-21-54-47(77)37(26(5)66)62-44(74)32(15-20-53)57-40(70)31(14-19-52)59-48(78)38(27(6)67)64-45(75)34(22-25(3)4)60-41(71)30(13-18-51)56-42(33)72/h24-35,37-39,65-68H,8-23,50-53H2,1-7H3,(H,54,77)(H,55,69)(H,56,72)(H,57,70)(H,58,76)(H,59,78)(H,60,71)(H,61,79)(H,62,74)(H,63,73)(H,64,75)/t26-,27-,28-,29+,30?,31+,32+,33?,34-,35-,37?,38+,39+/m1/s1. The fourth-order valence-corrected chi connectivity index (χ4v) is 8.05. The third-order valence-corrected chi connectivity index (χ3v) is 12.5. The molecule has 0 aromatic rings. The molecule has 11 amide bonds. The van der Waals surface area contributed by atoms with Crippen LogP contribution in [-0.2, 0) is 52.7 Å². The summed E-state index contributed by atoms with van der Waals surface area (Å²) in [6.45, 7) is 8.73. The Kier molecular flexibility index (Phi) is 33.1. The zero-order valence-electron chi connectivity index (χ0n) is 46.6. The van der Waals surface area contributed by atoms with Crippen molar-refractivity contribution in [1.29, 1.82) is 0 Å². The number of amides is 11. The molecule has 1 rings (SSSR count). The molecule has 0 saturated carbocycles. The Morgan fingerprint density at radius 1 is 0.532 bits per heavy atom. The van der Waals surface area contributed by atoms with Crippen molar-refractivity contribution in [2.75, 3.05) is 39.3 Å². The van der Waals surface area contributed by atoms with E-state index in [9.17, 15) is 73.2 Å². The fourth-order valence-electron chi connectivity index (χ4n) is 8.05. The van der Waals surface area contributed by atoms with Crippen LogP contribution in [0.15, 0.2) is 0 Å². The number of rotatable bonds is 26. The van der Waals surface area contributed by atoms with E-state index in [0.29, 0.717) is 12.3 Å². The highest BCUT2D eigenvalue weighted by Crippen LogP contribution is 2.11. The lowest BCUT2D eigenvalue weighted by atomic mass is 10.0. The van der Waals surface area contributed by atoms with Crippen molar-refractivity contribution in [2.45, 2.75) is 191 Å². The van der Waals surface area contributed by atoms with Crippen molar-refractivity contribution in [2.24, 2.45) is 34.8 Å². The van der Waals surface area contributed by atoms with Crippen LogP contribution in [0.3, 0.4) is 0 Å². The minimum Gasteiger partial charge on any atom is -0.394 e. The molecule has 0 aliphatic carbocycles. The number of carbonyl (C=O) groups is 11. The molecule has 1 aliphatic rings. The van der Waals surface area contributed by atoms with Gasteiger partial charge in [0, 0.05) is 13.0 Å². The van der Waals surface area contributed by atoms with Gasteiger partial charge >= 0.3 is 0 Å². The second-order valence-corrected chi connectivity index (χ2v) is 20.5. The van der Waals surface area contributed by atoms with Gasteiger partial charge in [-0.25, -0.2) is 0 Å². The Hall–Kier alpha value is -6.15. The van der Waals surface area contributed by atoms with Crippen LogP contribution < -0.4 is 81.4 Å². The van der Waals surface area contributed by atoms with E-state index >= 15 is 0 Å². The molecule has 0 aromatic carbocycles. The molecule has 452 valence electrons. The summed E-state index contributed by atoms with van der Waals surface area (Å²) in [7, 11) is 0. The molecule has 1 saturated heterocycles. The molecule has 30 nitrogen and oxygen atoms in total. The summed E-state index contributed by atoms with van der Waals surface area (Å²) in [6, 6.07) is -16.0. The first-order valence-electron chi connectivity index (χ1n) is 26.9. The number of hydrogen-bond donors (Lipinski definition) is 19. The van der Waals surface area contributed by atoms with Gasteiger partial charge < -0.3 is 102 Å². The molecule has 0 spiro atoms. The van der Waals surface area contributed by atoms with Gasteiger partial charge in [0.2, 0.25) is 65.0 Å². The second kappa shape index (κ2) is 36.9. The summed E-state index contributed by atoms with van der Waals surface area (Å²) < 4.78 is 0. The van der Waals surface area contributed by atoms with Gasteiger partial charge in [0.1, 0.15) is 60.4 Å². The molecular formula is C49H91N15O15. The van der Waals surface area contributed by atoms with Crippen LogP contribution in [-0.4, -0.2) is 203 Å². The van der Waals surface area contributed by atoms with E-state index in [1.54, 1.807) is 13.8 Å². The Bertz CT molecular complexity index is 2010. The monoisotopic (exact) mass is 1130 g/mol. The number of aliphatic hydroxyl groups excluding tert-OH is 4. The lowest BCUT2D eigenvalue weighted by Crippen LogP contribution is -2.62. The molecule has 1 heterocycles. The normalized spacial score (nSPS) is 23.9. The lowest BCUT2D eigenvalue weighted by molar-refractivity contribution is -0.137. The van der Waals surface area contributed by atoms with E-state index in [0.717, 1.165) is 26.7 Å². The summed E-state index contributed by atoms with van der Waals surface area (Å²) in [6.07, 6.45) is -3.81. The molecule has 0 bridgehead atoms. The topological polar surface area (TPSA) is 505 Å². The van der Waals surface area contributed by atoms with Gasteiger partial charge in [-0.2, -0.15) is 0 Å². The molecule has 0 radical (unpaired) electrons. The van der Waals surface area contributed by atoms with Crippen LogP contribution in [0.5, 0.6) is 0 Å². The van der Waals surface area contributed by atoms with Crippen molar-refractivity contribution >= 4 is 65.0 Å². The van der Waals surface area contributed by atoms with Crippen molar-refractivity contribution in [3.05, 3.63) is 0 Å². The lowest BCUT2D eigenvalue weighted by Gasteiger charge is -2.29. The van der Waals surface area contributed by atoms with Crippen molar-refractivity contribution in [3.8, 4) is 0 Å². The first kappa shape index (κ1) is 70.9. The maximum atomic E-state index is 14.2. The molecule has 79 heavy (non-hydrogen) atoms.